The Morgan fingerprint density at radius 1 is 1.35 bits per heavy atom. The van der Waals surface area contributed by atoms with Gasteiger partial charge in [-0.1, -0.05) is 5.16 Å². The second-order valence-electron chi connectivity index (χ2n) is 6.30. The zero-order chi connectivity index (χ0) is 16.0. The first-order chi connectivity index (χ1) is 11.1. The van der Waals surface area contributed by atoms with Crippen LogP contribution in [0, 0.1) is 0 Å². The molecule has 2 atom stereocenters. The van der Waals surface area contributed by atoms with Crippen LogP contribution >= 0.6 is 0 Å². The van der Waals surface area contributed by atoms with Crippen molar-refractivity contribution in [2.45, 2.75) is 37.9 Å². The lowest BCUT2D eigenvalue weighted by molar-refractivity contribution is -0.0811. The molecule has 2 aromatic rings. The van der Waals surface area contributed by atoms with Crippen molar-refractivity contribution in [3.05, 3.63) is 29.9 Å². The Morgan fingerprint density at radius 3 is 2.87 bits per heavy atom. The number of rotatable bonds is 3. The van der Waals surface area contributed by atoms with Crippen LogP contribution in [0.2, 0.25) is 0 Å². The maximum absolute atomic E-state index is 12.7. The van der Waals surface area contributed by atoms with Crippen LogP contribution in [-0.2, 0) is 11.8 Å². The van der Waals surface area contributed by atoms with E-state index < -0.39 is 0 Å². The first kappa shape index (κ1) is 14.4. The van der Waals surface area contributed by atoms with Crippen LogP contribution in [0.25, 0.3) is 0 Å². The summed E-state index contributed by atoms with van der Waals surface area (Å²) in [6.45, 7) is 2.87. The monoisotopic (exact) mass is 317 g/mol. The minimum absolute atomic E-state index is 0.0629. The van der Waals surface area contributed by atoms with Gasteiger partial charge in [-0.25, -0.2) is 4.98 Å². The van der Waals surface area contributed by atoms with Gasteiger partial charge in [-0.05, 0) is 19.8 Å². The first-order valence-electron chi connectivity index (χ1n) is 7.86. The van der Waals surface area contributed by atoms with E-state index in [4.69, 9.17) is 9.26 Å². The van der Waals surface area contributed by atoms with Crippen molar-refractivity contribution < 1.29 is 14.1 Å². The standard InChI is InChI=1S/C15H19N5O3/c1-9-6-20(15(21)11-5-16-8-19(11)2)7-12(22-9)14-17-13(18-23-14)10-3-4-10/h5,8-10,12H,3-4,6-7H2,1-2H3/t9-,12-/m1/s1. The summed E-state index contributed by atoms with van der Waals surface area (Å²) in [4.78, 5) is 22.9. The molecule has 1 saturated carbocycles. The van der Waals surface area contributed by atoms with Crippen molar-refractivity contribution in [2.24, 2.45) is 7.05 Å². The number of carbonyl (C=O) groups is 1. The van der Waals surface area contributed by atoms with Gasteiger partial charge < -0.3 is 18.7 Å². The quantitative estimate of drug-likeness (QED) is 0.847. The number of ether oxygens (including phenoxy) is 1. The first-order valence-corrected chi connectivity index (χ1v) is 7.86. The Morgan fingerprint density at radius 2 is 2.17 bits per heavy atom. The van der Waals surface area contributed by atoms with E-state index in [-0.39, 0.29) is 18.1 Å². The van der Waals surface area contributed by atoms with Gasteiger partial charge >= 0.3 is 0 Å². The van der Waals surface area contributed by atoms with Crippen molar-refractivity contribution >= 4 is 5.91 Å². The fourth-order valence-corrected chi connectivity index (χ4v) is 2.86. The van der Waals surface area contributed by atoms with Crippen molar-refractivity contribution in [1.29, 1.82) is 0 Å². The maximum atomic E-state index is 12.7. The number of hydrogen-bond donors (Lipinski definition) is 0. The zero-order valence-electron chi connectivity index (χ0n) is 13.2. The highest BCUT2D eigenvalue weighted by Crippen LogP contribution is 2.39. The predicted octanol–water partition coefficient (Wildman–Crippen LogP) is 1.28. The molecule has 2 aromatic heterocycles. The third-order valence-corrected chi connectivity index (χ3v) is 4.26. The third kappa shape index (κ3) is 2.74. The van der Waals surface area contributed by atoms with E-state index in [9.17, 15) is 4.79 Å². The molecule has 0 radical (unpaired) electrons. The summed E-state index contributed by atoms with van der Waals surface area (Å²) in [7, 11) is 1.81. The number of aryl methyl sites for hydroxylation is 1. The number of nitrogens with zero attached hydrogens (tertiary/aromatic N) is 5. The van der Waals surface area contributed by atoms with E-state index in [0.717, 1.165) is 18.7 Å². The highest BCUT2D eigenvalue weighted by atomic mass is 16.5. The molecule has 0 spiro atoms. The van der Waals surface area contributed by atoms with E-state index in [0.29, 0.717) is 30.6 Å². The number of morpholine rings is 1. The Labute approximate surface area is 133 Å². The number of aromatic nitrogens is 4. The van der Waals surface area contributed by atoms with E-state index in [1.165, 1.54) is 0 Å². The molecule has 8 heteroatoms. The molecule has 4 rings (SSSR count). The Bertz CT molecular complexity index is 720. The average Bonchev–Trinajstić information content (AvgIpc) is 3.10. The van der Waals surface area contributed by atoms with Gasteiger partial charge in [-0.15, -0.1) is 0 Å². The van der Waals surface area contributed by atoms with Crippen molar-refractivity contribution in [3.63, 3.8) is 0 Å². The molecule has 23 heavy (non-hydrogen) atoms. The van der Waals surface area contributed by atoms with Crippen LogP contribution in [0.3, 0.4) is 0 Å². The molecule has 2 fully saturated rings. The second kappa shape index (κ2) is 5.45. The van der Waals surface area contributed by atoms with Crippen LogP contribution in [0.15, 0.2) is 17.0 Å². The van der Waals surface area contributed by atoms with Gasteiger partial charge in [0.1, 0.15) is 5.69 Å². The summed E-state index contributed by atoms with van der Waals surface area (Å²) in [5.41, 5.74) is 0.557. The molecule has 3 heterocycles. The fourth-order valence-electron chi connectivity index (χ4n) is 2.86. The minimum Gasteiger partial charge on any atom is -0.362 e. The summed E-state index contributed by atoms with van der Waals surface area (Å²) < 4.78 is 13.0. The van der Waals surface area contributed by atoms with Crippen LogP contribution in [0.4, 0.5) is 0 Å². The van der Waals surface area contributed by atoms with E-state index >= 15 is 0 Å². The number of amides is 1. The van der Waals surface area contributed by atoms with E-state index in [2.05, 4.69) is 15.1 Å². The lowest BCUT2D eigenvalue weighted by Gasteiger charge is -2.35. The Hall–Kier alpha value is -2.22. The van der Waals surface area contributed by atoms with Crippen LogP contribution < -0.4 is 0 Å². The zero-order valence-corrected chi connectivity index (χ0v) is 13.2. The number of hydrogen-bond acceptors (Lipinski definition) is 6. The van der Waals surface area contributed by atoms with Crippen molar-refractivity contribution in [3.8, 4) is 0 Å². The molecule has 0 aromatic carbocycles. The van der Waals surface area contributed by atoms with Crippen molar-refractivity contribution in [1.82, 2.24) is 24.6 Å². The van der Waals surface area contributed by atoms with Gasteiger partial charge in [-0.3, -0.25) is 4.79 Å². The highest BCUT2D eigenvalue weighted by molar-refractivity contribution is 5.92. The van der Waals surface area contributed by atoms with Gasteiger partial charge in [0, 0.05) is 19.5 Å². The maximum Gasteiger partial charge on any atom is 0.272 e. The fraction of sp³-hybridized carbons (Fsp3) is 0.600. The van der Waals surface area contributed by atoms with Crippen molar-refractivity contribution in [2.75, 3.05) is 13.1 Å². The molecule has 0 bridgehead atoms. The summed E-state index contributed by atoms with van der Waals surface area (Å²) >= 11 is 0. The highest BCUT2D eigenvalue weighted by Gasteiger charge is 2.35. The molecular weight excluding hydrogens is 298 g/mol. The lowest BCUT2D eigenvalue weighted by Crippen LogP contribution is -2.46. The van der Waals surface area contributed by atoms with Crippen LogP contribution in [0.1, 0.15) is 54.0 Å². The number of imidazole rings is 1. The molecule has 0 unspecified atom stereocenters. The molecular formula is C15H19N5O3. The Kier molecular flexibility index (Phi) is 3.41. The molecule has 0 N–H and O–H groups in total. The Balaban J connectivity index is 1.53. The van der Waals surface area contributed by atoms with E-state index in [1.807, 2.05) is 14.0 Å². The second-order valence-corrected chi connectivity index (χ2v) is 6.30. The SMILES string of the molecule is C[C@@H]1CN(C(=O)c2cncn2C)C[C@H](c2nc(C3CC3)no2)O1. The van der Waals surface area contributed by atoms with Gasteiger partial charge in [-0.2, -0.15) is 4.98 Å². The molecule has 1 amide bonds. The lowest BCUT2D eigenvalue weighted by atomic mass is 10.2. The van der Waals surface area contributed by atoms with Crippen LogP contribution in [0.5, 0.6) is 0 Å². The molecule has 2 aliphatic rings. The minimum atomic E-state index is -0.379. The van der Waals surface area contributed by atoms with Gasteiger partial charge in [0.05, 0.1) is 25.2 Å². The van der Waals surface area contributed by atoms with E-state index in [1.54, 1.807) is 22.0 Å². The van der Waals surface area contributed by atoms with Crippen LogP contribution in [-0.4, -0.2) is 49.7 Å². The molecule has 122 valence electrons. The van der Waals surface area contributed by atoms with Gasteiger partial charge in [0.15, 0.2) is 11.9 Å². The smallest absolute Gasteiger partial charge is 0.272 e. The van der Waals surface area contributed by atoms with Gasteiger partial charge in [0.2, 0.25) is 0 Å². The number of carbonyl (C=O) groups excluding carboxylic acids is 1. The molecule has 1 aliphatic carbocycles. The topological polar surface area (TPSA) is 86.3 Å². The average molecular weight is 317 g/mol. The molecule has 8 nitrogen and oxygen atoms in total. The summed E-state index contributed by atoms with van der Waals surface area (Å²) in [6.07, 6.45) is 4.96. The molecule has 1 aliphatic heterocycles. The third-order valence-electron chi connectivity index (χ3n) is 4.26. The van der Waals surface area contributed by atoms with Gasteiger partial charge in [0.25, 0.3) is 11.8 Å². The normalized spacial score (nSPS) is 24.9. The summed E-state index contributed by atoms with van der Waals surface area (Å²) in [5, 5.41) is 4.03. The summed E-state index contributed by atoms with van der Waals surface area (Å²) in [5.74, 6) is 1.58. The largest absolute Gasteiger partial charge is 0.362 e. The summed E-state index contributed by atoms with van der Waals surface area (Å²) in [6, 6.07) is 0. The predicted molar refractivity (Wildman–Crippen MR) is 78.7 cm³/mol. The molecule has 1 saturated heterocycles.